The first-order valence-electron chi connectivity index (χ1n) is 7.70. The zero-order valence-corrected chi connectivity index (χ0v) is 13.1. The lowest BCUT2D eigenvalue weighted by molar-refractivity contribution is 0.475. The Morgan fingerprint density at radius 3 is 2.54 bits per heavy atom. The van der Waals surface area contributed by atoms with Gasteiger partial charge in [-0.3, -0.25) is 4.99 Å². The maximum atomic E-state index is 9.82. The average Bonchev–Trinajstić information content (AvgIpc) is 3.18. The molecule has 0 spiro atoms. The predicted molar refractivity (Wildman–Crippen MR) is 94.6 cm³/mol. The maximum absolute atomic E-state index is 9.82. The molecule has 4 rings (SSSR count). The summed E-state index contributed by atoms with van der Waals surface area (Å²) in [7, 11) is 0. The van der Waals surface area contributed by atoms with Crippen molar-refractivity contribution in [3.8, 4) is 17.5 Å². The second-order valence-electron chi connectivity index (χ2n) is 5.99. The molecule has 0 aliphatic carbocycles. The van der Waals surface area contributed by atoms with Crippen LogP contribution in [0, 0.1) is 11.3 Å². The Morgan fingerprint density at radius 2 is 1.88 bits per heavy atom. The second-order valence-corrected chi connectivity index (χ2v) is 5.99. The van der Waals surface area contributed by atoms with Crippen molar-refractivity contribution in [3.05, 3.63) is 71.9 Å². The lowest BCUT2D eigenvalue weighted by atomic mass is 9.95. The number of rotatable bonds is 2. The number of nitrogens with zero attached hydrogens (tertiary/aromatic N) is 3. The summed E-state index contributed by atoms with van der Waals surface area (Å²) >= 11 is 0. The Morgan fingerprint density at radius 1 is 1.12 bits per heavy atom. The van der Waals surface area contributed by atoms with Crippen LogP contribution < -0.4 is 0 Å². The topological polar surface area (TPSA) is 61.3 Å². The van der Waals surface area contributed by atoms with E-state index >= 15 is 0 Å². The molecule has 1 atom stereocenters. The summed E-state index contributed by atoms with van der Waals surface area (Å²) in [5.41, 5.74) is 2.71. The molecule has 24 heavy (non-hydrogen) atoms. The molecule has 0 fully saturated rings. The first-order chi connectivity index (χ1) is 11.6. The van der Waals surface area contributed by atoms with Gasteiger partial charge in [0, 0.05) is 17.3 Å². The zero-order chi connectivity index (χ0) is 16.7. The fraction of sp³-hybridized carbons (Fsp3) is 0.100. The van der Waals surface area contributed by atoms with E-state index in [0.717, 1.165) is 22.3 Å². The Balaban J connectivity index is 2.15. The highest BCUT2D eigenvalue weighted by Gasteiger charge is 2.33. The molecule has 1 aliphatic rings. The van der Waals surface area contributed by atoms with Crippen LogP contribution in [0.4, 0.5) is 0 Å². The van der Waals surface area contributed by atoms with E-state index in [1.165, 1.54) is 0 Å². The Labute approximate surface area is 139 Å². The summed E-state index contributed by atoms with van der Waals surface area (Å²) in [4.78, 5) is 4.59. The monoisotopic (exact) mass is 313 g/mol. The number of aromatic hydroxyl groups is 1. The molecule has 0 saturated carbocycles. The van der Waals surface area contributed by atoms with E-state index in [4.69, 9.17) is 0 Å². The average molecular weight is 313 g/mol. The largest absolute Gasteiger partial charge is 0.508 e. The van der Waals surface area contributed by atoms with Crippen molar-refractivity contribution in [2.45, 2.75) is 12.5 Å². The molecule has 116 valence electrons. The van der Waals surface area contributed by atoms with Crippen molar-refractivity contribution in [1.82, 2.24) is 4.57 Å². The van der Waals surface area contributed by atoms with Crippen LogP contribution in [0.2, 0.25) is 0 Å². The Hall–Kier alpha value is -3.32. The SMILES string of the molecule is CC1(c2c(C#N)c3ccccc3n2-c2ccc(O)cc2)C=CC=N1. The zero-order valence-electron chi connectivity index (χ0n) is 13.1. The van der Waals surface area contributed by atoms with Crippen molar-refractivity contribution < 1.29 is 5.11 Å². The van der Waals surface area contributed by atoms with Crippen molar-refractivity contribution in [1.29, 1.82) is 5.26 Å². The number of hydrogen-bond acceptors (Lipinski definition) is 3. The van der Waals surface area contributed by atoms with E-state index in [1.807, 2.05) is 55.5 Å². The van der Waals surface area contributed by atoms with Crippen molar-refractivity contribution in [2.24, 2.45) is 4.99 Å². The van der Waals surface area contributed by atoms with Gasteiger partial charge in [-0.05, 0) is 49.4 Å². The molecule has 1 unspecified atom stereocenters. The minimum Gasteiger partial charge on any atom is -0.508 e. The lowest BCUT2D eigenvalue weighted by Gasteiger charge is -2.22. The van der Waals surface area contributed by atoms with Gasteiger partial charge in [0.2, 0.25) is 0 Å². The molecule has 2 heterocycles. The standard InChI is InChI=1S/C20H15N3O/c1-20(11-4-12-22-20)19-17(13-21)16-5-2-3-6-18(16)23(19)14-7-9-15(24)10-8-14/h2-12,24H,1H3. The predicted octanol–water partition coefficient (Wildman–Crippen LogP) is 4.06. The lowest BCUT2D eigenvalue weighted by Crippen LogP contribution is -2.20. The Kier molecular flexibility index (Phi) is 3.04. The van der Waals surface area contributed by atoms with Gasteiger partial charge in [0.05, 0.1) is 16.8 Å². The van der Waals surface area contributed by atoms with Crippen LogP contribution in [0.5, 0.6) is 5.75 Å². The van der Waals surface area contributed by atoms with Crippen molar-refractivity contribution in [3.63, 3.8) is 0 Å². The van der Waals surface area contributed by atoms with Gasteiger partial charge in [-0.2, -0.15) is 5.26 Å². The molecule has 0 saturated heterocycles. The van der Waals surface area contributed by atoms with Crippen LogP contribution in [0.1, 0.15) is 18.2 Å². The highest BCUT2D eigenvalue weighted by atomic mass is 16.3. The molecule has 0 bridgehead atoms. The quantitative estimate of drug-likeness (QED) is 0.775. The summed E-state index contributed by atoms with van der Waals surface area (Å²) in [6.07, 6.45) is 5.67. The molecule has 3 aromatic rings. The number of allylic oxidation sites excluding steroid dienone is 1. The molecule has 1 aliphatic heterocycles. The smallest absolute Gasteiger partial charge is 0.118 e. The number of aliphatic imine (C=N–C) groups is 1. The van der Waals surface area contributed by atoms with E-state index in [0.29, 0.717) is 5.56 Å². The van der Waals surface area contributed by atoms with Gasteiger partial charge < -0.3 is 9.67 Å². The third-order valence-corrected chi connectivity index (χ3v) is 4.42. The normalized spacial score (nSPS) is 19.0. The van der Waals surface area contributed by atoms with Gasteiger partial charge in [0.25, 0.3) is 0 Å². The molecule has 0 radical (unpaired) electrons. The van der Waals surface area contributed by atoms with Crippen LogP contribution in [0.25, 0.3) is 16.6 Å². The maximum Gasteiger partial charge on any atom is 0.118 e. The summed E-state index contributed by atoms with van der Waals surface area (Å²) < 4.78 is 2.06. The van der Waals surface area contributed by atoms with Gasteiger partial charge in [-0.25, -0.2) is 0 Å². The van der Waals surface area contributed by atoms with Gasteiger partial charge in [0.1, 0.15) is 17.4 Å². The number of phenols is 1. The number of benzene rings is 2. The number of nitriles is 1. The van der Waals surface area contributed by atoms with Crippen molar-refractivity contribution in [2.75, 3.05) is 0 Å². The molecule has 4 heteroatoms. The molecule has 1 N–H and O–H groups in total. The van der Waals surface area contributed by atoms with Gasteiger partial charge in [0.15, 0.2) is 0 Å². The third kappa shape index (κ3) is 1.95. The number of hydrogen-bond donors (Lipinski definition) is 1. The van der Waals surface area contributed by atoms with Crippen molar-refractivity contribution >= 4 is 17.1 Å². The van der Waals surface area contributed by atoms with E-state index in [-0.39, 0.29) is 5.75 Å². The van der Waals surface area contributed by atoms with Crippen LogP contribution in [-0.4, -0.2) is 15.9 Å². The molecule has 1 aromatic heterocycles. The minimum absolute atomic E-state index is 0.210. The fourth-order valence-electron chi connectivity index (χ4n) is 3.31. The summed E-state index contributed by atoms with van der Waals surface area (Å²) in [5, 5.41) is 20.3. The second kappa shape index (κ2) is 5.10. The summed E-state index contributed by atoms with van der Waals surface area (Å²) in [6.45, 7) is 2.00. The van der Waals surface area contributed by atoms with Gasteiger partial charge in [-0.15, -0.1) is 0 Å². The van der Waals surface area contributed by atoms with Gasteiger partial charge in [-0.1, -0.05) is 18.2 Å². The number of para-hydroxylation sites is 1. The Bertz CT molecular complexity index is 1020. The van der Waals surface area contributed by atoms with E-state index in [9.17, 15) is 10.4 Å². The summed E-state index contributed by atoms with van der Waals surface area (Å²) in [6, 6.07) is 17.2. The number of phenolic OH excluding ortho intramolecular Hbond substituents is 1. The summed E-state index contributed by atoms with van der Waals surface area (Å²) in [5.74, 6) is 0.210. The van der Waals surface area contributed by atoms with Crippen LogP contribution in [0.15, 0.2) is 65.7 Å². The molecule has 2 aromatic carbocycles. The van der Waals surface area contributed by atoms with E-state index < -0.39 is 5.54 Å². The first-order valence-corrected chi connectivity index (χ1v) is 7.70. The fourth-order valence-corrected chi connectivity index (χ4v) is 3.31. The molecular weight excluding hydrogens is 298 g/mol. The third-order valence-electron chi connectivity index (χ3n) is 4.42. The van der Waals surface area contributed by atoms with Crippen LogP contribution >= 0.6 is 0 Å². The molecule has 4 nitrogen and oxygen atoms in total. The molecule has 0 amide bonds. The van der Waals surface area contributed by atoms with Crippen LogP contribution in [0.3, 0.4) is 0 Å². The molecular formula is C20H15N3O. The highest BCUT2D eigenvalue weighted by Crippen LogP contribution is 2.39. The number of aromatic nitrogens is 1. The van der Waals surface area contributed by atoms with E-state index in [2.05, 4.69) is 15.6 Å². The minimum atomic E-state index is -0.595. The van der Waals surface area contributed by atoms with Crippen LogP contribution in [-0.2, 0) is 5.54 Å². The first kappa shape index (κ1) is 14.3. The van der Waals surface area contributed by atoms with Gasteiger partial charge >= 0.3 is 0 Å². The van der Waals surface area contributed by atoms with E-state index in [1.54, 1.807) is 18.3 Å². The highest BCUT2D eigenvalue weighted by molar-refractivity contribution is 5.91. The number of fused-ring (bicyclic) bond motifs is 1.